The van der Waals surface area contributed by atoms with Gasteiger partial charge in [-0.1, -0.05) is 0 Å². The molecule has 0 spiro atoms. The summed E-state index contributed by atoms with van der Waals surface area (Å²) in [5, 5.41) is 0. The standard InChI is InChI=1S/C8H8F3NS/c9-8(10,11)6-1-2-7(13)5(3-6)4-12/h1-3,13H,4,12H2. The molecule has 72 valence electrons. The van der Waals surface area contributed by atoms with E-state index in [0.29, 0.717) is 10.5 Å². The average Bonchev–Trinajstić information content (AvgIpc) is 2.03. The van der Waals surface area contributed by atoms with Crippen LogP contribution in [0.3, 0.4) is 0 Å². The third-order valence-corrected chi connectivity index (χ3v) is 2.06. The summed E-state index contributed by atoms with van der Waals surface area (Å²) in [6, 6.07) is 3.30. The third-order valence-electron chi connectivity index (χ3n) is 1.63. The van der Waals surface area contributed by atoms with Crippen molar-refractivity contribution in [2.45, 2.75) is 17.6 Å². The fraction of sp³-hybridized carbons (Fsp3) is 0.250. The SMILES string of the molecule is NCc1cc(C(F)(F)F)ccc1S. The molecule has 5 heteroatoms. The second-order valence-corrected chi connectivity index (χ2v) is 3.03. The summed E-state index contributed by atoms with van der Waals surface area (Å²) in [4.78, 5) is 0.482. The first-order chi connectivity index (χ1) is 5.95. The normalized spacial score (nSPS) is 11.8. The van der Waals surface area contributed by atoms with E-state index in [2.05, 4.69) is 12.6 Å². The van der Waals surface area contributed by atoms with E-state index in [9.17, 15) is 13.2 Å². The quantitative estimate of drug-likeness (QED) is 0.680. The molecule has 1 aromatic carbocycles. The van der Waals surface area contributed by atoms with Crippen LogP contribution in [0.1, 0.15) is 11.1 Å². The summed E-state index contributed by atoms with van der Waals surface area (Å²) >= 11 is 3.97. The molecule has 0 aliphatic heterocycles. The van der Waals surface area contributed by atoms with Crippen molar-refractivity contribution in [2.75, 3.05) is 0 Å². The minimum atomic E-state index is -4.31. The lowest BCUT2D eigenvalue weighted by atomic mass is 10.1. The topological polar surface area (TPSA) is 26.0 Å². The molecule has 0 aliphatic rings. The number of hydrogen-bond acceptors (Lipinski definition) is 2. The highest BCUT2D eigenvalue weighted by Crippen LogP contribution is 2.31. The van der Waals surface area contributed by atoms with Crippen LogP contribution in [0.2, 0.25) is 0 Å². The van der Waals surface area contributed by atoms with Crippen LogP contribution in [0.15, 0.2) is 23.1 Å². The maximum absolute atomic E-state index is 12.2. The van der Waals surface area contributed by atoms with Crippen molar-refractivity contribution in [3.8, 4) is 0 Å². The van der Waals surface area contributed by atoms with Crippen molar-refractivity contribution < 1.29 is 13.2 Å². The zero-order valence-corrected chi connectivity index (χ0v) is 7.49. The summed E-state index contributed by atoms with van der Waals surface area (Å²) in [5.41, 5.74) is 4.96. The predicted molar refractivity (Wildman–Crippen MR) is 46.6 cm³/mol. The van der Waals surface area contributed by atoms with E-state index in [4.69, 9.17) is 5.73 Å². The minimum absolute atomic E-state index is 0.0583. The predicted octanol–water partition coefficient (Wildman–Crippen LogP) is 2.45. The Kier molecular flexibility index (Phi) is 2.87. The van der Waals surface area contributed by atoms with Gasteiger partial charge < -0.3 is 5.73 Å². The first-order valence-electron chi connectivity index (χ1n) is 3.54. The molecule has 13 heavy (non-hydrogen) atoms. The molecule has 0 heterocycles. The third kappa shape index (κ3) is 2.38. The highest BCUT2D eigenvalue weighted by molar-refractivity contribution is 7.80. The molecule has 1 nitrogen and oxygen atoms in total. The molecule has 1 rings (SSSR count). The summed E-state index contributed by atoms with van der Waals surface area (Å²) in [6.07, 6.45) is -4.31. The molecule has 0 saturated heterocycles. The van der Waals surface area contributed by atoms with Crippen LogP contribution in [0.5, 0.6) is 0 Å². The largest absolute Gasteiger partial charge is 0.416 e. The second-order valence-electron chi connectivity index (χ2n) is 2.55. The number of rotatable bonds is 1. The van der Waals surface area contributed by atoms with Crippen LogP contribution in [0.25, 0.3) is 0 Å². The molecule has 0 saturated carbocycles. The maximum atomic E-state index is 12.2. The minimum Gasteiger partial charge on any atom is -0.326 e. The first kappa shape index (κ1) is 10.4. The Morgan fingerprint density at radius 3 is 2.38 bits per heavy atom. The van der Waals surface area contributed by atoms with Gasteiger partial charge in [-0.25, -0.2) is 0 Å². The van der Waals surface area contributed by atoms with Crippen molar-refractivity contribution in [1.29, 1.82) is 0 Å². The first-order valence-corrected chi connectivity index (χ1v) is 3.99. The van der Waals surface area contributed by atoms with Gasteiger partial charge in [0.1, 0.15) is 0 Å². The van der Waals surface area contributed by atoms with E-state index in [1.54, 1.807) is 0 Å². The molecule has 0 atom stereocenters. The van der Waals surface area contributed by atoms with Crippen molar-refractivity contribution in [2.24, 2.45) is 5.73 Å². The molecule has 0 fully saturated rings. The monoisotopic (exact) mass is 207 g/mol. The number of benzene rings is 1. The summed E-state index contributed by atoms with van der Waals surface area (Å²) in [5.74, 6) is 0. The molecule has 0 aliphatic carbocycles. The van der Waals surface area contributed by atoms with E-state index in [0.717, 1.165) is 12.1 Å². The second kappa shape index (κ2) is 3.59. The Bertz CT molecular complexity index is 309. The van der Waals surface area contributed by atoms with Gasteiger partial charge in [0.2, 0.25) is 0 Å². The van der Waals surface area contributed by atoms with Crippen molar-refractivity contribution in [1.82, 2.24) is 0 Å². The Labute approximate surface area is 79.2 Å². The number of nitrogens with two attached hydrogens (primary N) is 1. The number of thiol groups is 1. The van der Waals surface area contributed by atoms with E-state index < -0.39 is 11.7 Å². The zero-order chi connectivity index (χ0) is 10.1. The van der Waals surface area contributed by atoms with Crippen molar-refractivity contribution >= 4 is 12.6 Å². The molecular weight excluding hydrogens is 199 g/mol. The molecule has 0 unspecified atom stereocenters. The number of halogens is 3. The van der Waals surface area contributed by atoms with Gasteiger partial charge in [-0.15, -0.1) is 12.6 Å². The van der Waals surface area contributed by atoms with Crippen LogP contribution in [0.4, 0.5) is 13.2 Å². The van der Waals surface area contributed by atoms with Crippen LogP contribution < -0.4 is 5.73 Å². The Hall–Kier alpha value is -0.680. The number of alkyl halides is 3. The Morgan fingerprint density at radius 2 is 1.92 bits per heavy atom. The van der Waals surface area contributed by atoms with E-state index >= 15 is 0 Å². The van der Waals surface area contributed by atoms with Crippen molar-refractivity contribution in [3.05, 3.63) is 29.3 Å². The highest BCUT2D eigenvalue weighted by atomic mass is 32.1. The molecule has 0 bridgehead atoms. The lowest BCUT2D eigenvalue weighted by Gasteiger charge is -2.09. The van der Waals surface area contributed by atoms with Crippen molar-refractivity contribution in [3.63, 3.8) is 0 Å². The van der Waals surface area contributed by atoms with Crippen LogP contribution in [-0.4, -0.2) is 0 Å². The Morgan fingerprint density at radius 1 is 1.31 bits per heavy atom. The van der Waals surface area contributed by atoms with Gasteiger partial charge in [0.05, 0.1) is 5.56 Å². The molecule has 0 amide bonds. The van der Waals surface area contributed by atoms with Crippen LogP contribution in [0, 0.1) is 0 Å². The summed E-state index contributed by atoms with van der Waals surface area (Å²) in [7, 11) is 0. The Balaban J connectivity index is 3.14. The van der Waals surface area contributed by atoms with Gasteiger partial charge in [-0.05, 0) is 23.8 Å². The fourth-order valence-electron chi connectivity index (χ4n) is 0.925. The van der Waals surface area contributed by atoms with Gasteiger partial charge >= 0.3 is 6.18 Å². The van der Waals surface area contributed by atoms with Gasteiger partial charge in [-0.2, -0.15) is 13.2 Å². The number of hydrogen-bond donors (Lipinski definition) is 2. The van der Waals surface area contributed by atoms with E-state index in [1.807, 2.05) is 0 Å². The summed E-state index contributed by atoms with van der Waals surface area (Å²) < 4.78 is 36.5. The molecule has 1 aromatic rings. The van der Waals surface area contributed by atoms with Crippen LogP contribution >= 0.6 is 12.6 Å². The zero-order valence-electron chi connectivity index (χ0n) is 6.60. The van der Waals surface area contributed by atoms with Gasteiger partial charge in [-0.3, -0.25) is 0 Å². The summed E-state index contributed by atoms with van der Waals surface area (Å²) in [6.45, 7) is 0.0583. The van der Waals surface area contributed by atoms with E-state index in [1.165, 1.54) is 6.07 Å². The van der Waals surface area contributed by atoms with Gasteiger partial charge in [0.15, 0.2) is 0 Å². The smallest absolute Gasteiger partial charge is 0.326 e. The maximum Gasteiger partial charge on any atom is 0.416 e. The molecule has 2 N–H and O–H groups in total. The lowest BCUT2D eigenvalue weighted by molar-refractivity contribution is -0.137. The van der Waals surface area contributed by atoms with Gasteiger partial charge in [0, 0.05) is 11.4 Å². The van der Waals surface area contributed by atoms with Gasteiger partial charge in [0.25, 0.3) is 0 Å². The lowest BCUT2D eigenvalue weighted by Crippen LogP contribution is -2.07. The highest BCUT2D eigenvalue weighted by Gasteiger charge is 2.30. The fourth-order valence-corrected chi connectivity index (χ4v) is 1.16. The van der Waals surface area contributed by atoms with Crippen LogP contribution in [-0.2, 0) is 12.7 Å². The molecule has 0 radical (unpaired) electrons. The average molecular weight is 207 g/mol. The molecular formula is C8H8F3NS. The molecule has 0 aromatic heterocycles. The van der Waals surface area contributed by atoms with E-state index in [-0.39, 0.29) is 6.54 Å².